The van der Waals surface area contributed by atoms with Crippen molar-refractivity contribution in [3.63, 3.8) is 0 Å². The molecule has 2 rings (SSSR count). The number of fused-ring (bicyclic) bond motifs is 1. The van der Waals surface area contributed by atoms with Gasteiger partial charge in [0.05, 0.1) is 18.4 Å². The molecule has 0 saturated carbocycles. The summed E-state index contributed by atoms with van der Waals surface area (Å²) in [6.07, 6.45) is 17.5. The number of aliphatic hydroxyl groups is 1. The third kappa shape index (κ3) is 12.3. The van der Waals surface area contributed by atoms with E-state index in [-0.39, 0.29) is 24.2 Å². The maximum absolute atomic E-state index is 13.1. The van der Waals surface area contributed by atoms with E-state index in [0.717, 1.165) is 19.3 Å². The van der Waals surface area contributed by atoms with Gasteiger partial charge in [-0.3, -0.25) is 14.4 Å². The van der Waals surface area contributed by atoms with E-state index in [1.165, 1.54) is 57.8 Å². The summed E-state index contributed by atoms with van der Waals surface area (Å²) >= 11 is 0. The molecule has 0 radical (unpaired) electrons. The van der Waals surface area contributed by atoms with Crippen molar-refractivity contribution in [2.45, 2.75) is 148 Å². The summed E-state index contributed by atoms with van der Waals surface area (Å²) < 4.78 is 17.4. The van der Waals surface area contributed by atoms with Crippen molar-refractivity contribution >= 4 is 24.2 Å². The van der Waals surface area contributed by atoms with E-state index in [1.807, 2.05) is 6.92 Å². The number of hydrogen-bond acceptors (Lipinski definition) is 8. The molecule has 0 spiro atoms. The Balaban J connectivity index is 2.04. The number of esters is 3. The van der Waals surface area contributed by atoms with Crippen LogP contribution in [0.1, 0.15) is 130 Å². The molecule has 5 unspecified atom stereocenters. The normalized spacial score (nSPS) is 25.1. The summed E-state index contributed by atoms with van der Waals surface area (Å²) in [7, 11) is 0. The maximum Gasteiger partial charge on any atom is 0.334 e. The number of unbranched alkanes of at least 4 members (excludes halogenated alkanes) is 12. The molecule has 0 aromatic heterocycles. The van der Waals surface area contributed by atoms with Crippen LogP contribution >= 0.6 is 0 Å². The first-order valence-electron chi connectivity index (χ1n) is 17.0. The van der Waals surface area contributed by atoms with E-state index in [2.05, 4.69) is 13.5 Å². The van der Waals surface area contributed by atoms with E-state index in [4.69, 9.17) is 14.2 Å². The molecule has 248 valence electrons. The van der Waals surface area contributed by atoms with Crippen LogP contribution in [-0.4, -0.2) is 54.2 Å². The van der Waals surface area contributed by atoms with Gasteiger partial charge in [-0.1, -0.05) is 110 Å². The van der Waals surface area contributed by atoms with Crippen molar-refractivity contribution in [3.05, 3.63) is 35.5 Å². The topological polar surface area (TPSA) is 116 Å². The van der Waals surface area contributed by atoms with Crippen molar-refractivity contribution in [2.24, 2.45) is 11.8 Å². The van der Waals surface area contributed by atoms with Gasteiger partial charge in [0.1, 0.15) is 12.4 Å². The van der Waals surface area contributed by atoms with Crippen molar-refractivity contribution in [1.82, 2.24) is 0 Å². The number of aliphatic hydroxyl groups excluding tert-OH is 1. The van der Waals surface area contributed by atoms with Gasteiger partial charge in [-0.2, -0.15) is 0 Å². The van der Waals surface area contributed by atoms with Gasteiger partial charge in [0.15, 0.2) is 12.2 Å². The molecular formula is C36H56O8. The van der Waals surface area contributed by atoms with Crippen molar-refractivity contribution < 1.29 is 38.5 Å². The molecule has 8 nitrogen and oxygen atoms in total. The molecular weight excluding hydrogens is 560 g/mol. The Hall–Kier alpha value is -2.74. The zero-order valence-electron chi connectivity index (χ0n) is 27.4. The van der Waals surface area contributed by atoms with E-state index < -0.39 is 48.1 Å². The van der Waals surface area contributed by atoms with Gasteiger partial charge in [0, 0.05) is 17.6 Å². The van der Waals surface area contributed by atoms with Gasteiger partial charge in [0.2, 0.25) is 0 Å². The summed E-state index contributed by atoms with van der Waals surface area (Å²) in [5, 5.41) is 9.87. The first-order chi connectivity index (χ1) is 21.3. The van der Waals surface area contributed by atoms with Gasteiger partial charge in [0.25, 0.3) is 0 Å². The quantitative estimate of drug-likeness (QED) is 0.0379. The molecule has 1 heterocycles. The number of carbonyl (C=O) groups excluding carboxylic acids is 4. The first-order valence-corrected chi connectivity index (χ1v) is 17.0. The number of ether oxygens (including phenoxy) is 3. The van der Waals surface area contributed by atoms with Gasteiger partial charge >= 0.3 is 17.9 Å². The highest BCUT2D eigenvalue weighted by molar-refractivity contribution is 5.91. The van der Waals surface area contributed by atoms with Gasteiger partial charge in [-0.15, -0.1) is 0 Å². The van der Waals surface area contributed by atoms with Gasteiger partial charge in [-0.25, -0.2) is 4.79 Å². The smallest absolute Gasteiger partial charge is 0.334 e. The summed E-state index contributed by atoms with van der Waals surface area (Å²) in [6, 6.07) is 0. The number of carbonyl (C=O) groups is 4. The van der Waals surface area contributed by atoms with Crippen LogP contribution in [0.2, 0.25) is 0 Å². The standard InChI is InChI=1S/C36H56O8/c1-5-7-8-9-10-11-12-13-14-15-16-17-18-22-31(39)43-33-29(25-38)21-19-20-28(24-37)23-30-32(27(4)36(41)42-30)34(33)44-35(40)26(3)6-2/h21,23,25-26,30,32-34,37H,4-20,22,24H2,1-3H3/b28-23-,29-21+. The van der Waals surface area contributed by atoms with E-state index >= 15 is 0 Å². The van der Waals surface area contributed by atoms with E-state index in [0.29, 0.717) is 37.5 Å². The molecule has 0 aromatic rings. The summed E-state index contributed by atoms with van der Waals surface area (Å²) in [4.78, 5) is 51.1. The van der Waals surface area contributed by atoms with Crippen molar-refractivity contribution in [3.8, 4) is 0 Å². The molecule has 0 aromatic carbocycles. The first kappa shape index (κ1) is 37.4. The lowest BCUT2D eigenvalue weighted by Gasteiger charge is -2.33. The molecule has 1 saturated heterocycles. The Morgan fingerprint density at radius 3 is 2.14 bits per heavy atom. The van der Waals surface area contributed by atoms with Crippen LogP contribution < -0.4 is 0 Å². The van der Waals surface area contributed by atoms with Crippen LogP contribution in [0.15, 0.2) is 35.5 Å². The average molecular weight is 617 g/mol. The van der Waals surface area contributed by atoms with Gasteiger partial charge < -0.3 is 19.3 Å². The highest BCUT2D eigenvalue weighted by Gasteiger charge is 2.49. The molecule has 1 aliphatic heterocycles. The molecule has 44 heavy (non-hydrogen) atoms. The number of hydrogen-bond donors (Lipinski definition) is 1. The number of rotatable bonds is 20. The average Bonchev–Trinajstić information content (AvgIpc) is 3.29. The van der Waals surface area contributed by atoms with E-state index in [1.54, 1.807) is 19.1 Å². The molecule has 8 heteroatoms. The van der Waals surface area contributed by atoms with Crippen LogP contribution in [-0.2, 0) is 33.4 Å². The summed E-state index contributed by atoms with van der Waals surface area (Å²) in [6.45, 7) is 9.45. The monoisotopic (exact) mass is 616 g/mol. The van der Waals surface area contributed by atoms with Crippen LogP contribution in [0.4, 0.5) is 0 Å². The molecule has 1 aliphatic carbocycles. The lowest BCUT2D eigenvalue weighted by molar-refractivity contribution is -0.172. The summed E-state index contributed by atoms with van der Waals surface area (Å²) in [5.74, 6) is -3.04. The van der Waals surface area contributed by atoms with Crippen LogP contribution in [0.5, 0.6) is 0 Å². The van der Waals surface area contributed by atoms with Crippen LogP contribution in [0.25, 0.3) is 0 Å². The minimum absolute atomic E-state index is 0.0638. The Labute approximate surface area is 264 Å². The van der Waals surface area contributed by atoms with Crippen LogP contribution in [0.3, 0.4) is 0 Å². The maximum atomic E-state index is 13.1. The Bertz CT molecular complexity index is 996. The second-order valence-corrected chi connectivity index (χ2v) is 12.4. The lowest BCUT2D eigenvalue weighted by Crippen LogP contribution is -2.46. The second kappa shape index (κ2) is 21.1. The number of aldehydes is 1. The third-order valence-electron chi connectivity index (χ3n) is 8.84. The van der Waals surface area contributed by atoms with Crippen molar-refractivity contribution in [2.75, 3.05) is 6.61 Å². The molecule has 1 fully saturated rings. The largest absolute Gasteiger partial charge is 0.457 e. The summed E-state index contributed by atoms with van der Waals surface area (Å²) in [5.41, 5.74) is 0.832. The minimum Gasteiger partial charge on any atom is -0.457 e. The highest BCUT2D eigenvalue weighted by Crippen LogP contribution is 2.38. The Kier molecular flexibility index (Phi) is 17.9. The molecule has 0 bridgehead atoms. The Morgan fingerprint density at radius 2 is 1.59 bits per heavy atom. The molecule has 5 atom stereocenters. The zero-order valence-corrected chi connectivity index (χ0v) is 27.4. The second-order valence-electron chi connectivity index (χ2n) is 12.4. The fourth-order valence-electron chi connectivity index (χ4n) is 5.79. The third-order valence-corrected chi connectivity index (χ3v) is 8.84. The SMILES string of the molecule is C=C1C(=O)OC2/C=C(\CO)CC/C=C(\C=O)C(OC(=O)CCCCCCCCCCCCCCC)C(OC(=O)C(C)CC)C12. The highest BCUT2D eigenvalue weighted by atomic mass is 16.6. The van der Waals surface area contributed by atoms with Crippen molar-refractivity contribution in [1.29, 1.82) is 0 Å². The fraction of sp³-hybridized carbons (Fsp3) is 0.722. The minimum atomic E-state index is -1.22. The molecule has 1 N–H and O–H groups in total. The van der Waals surface area contributed by atoms with Gasteiger partial charge in [-0.05, 0) is 37.3 Å². The predicted octanol–water partition coefficient (Wildman–Crippen LogP) is 7.27. The fourth-order valence-corrected chi connectivity index (χ4v) is 5.79. The van der Waals surface area contributed by atoms with E-state index in [9.17, 15) is 24.3 Å². The Morgan fingerprint density at radius 1 is 1.00 bits per heavy atom. The molecule has 2 aliphatic rings. The van der Waals surface area contributed by atoms with Crippen LogP contribution in [0, 0.1) is 11.8 Å². The molecule has 0 amide bonds. The lowest BCUT2D eigenvalue weighted by atomic mass is 9.83. The zero-order chi connectivity index (χ0) is 32.3. The predicted molar refractivity (Wildman–Crippen MR) is 171 cm³/mol. The number of allylic oxidation sites excluding steroid dienone is 1.